The molecule has 0 radical (unpaired) electrons. The lowest BCUT2D eigenvalue weighted by Gasteiger charge is -2.17. The zero-order valence-electron chi connectivity index (χ0n) is 8.65. The van der Waals surface area contributed by atoms with Gasteiger partial charge in [-0.25, -0.2) is 0 Å². The fourth-order valence-corrected chi connectivity index (χ4v) is 2.81. The molecule has 0 unspecified atom stereocenters. The van der Waals surface area contributed by atoms with Gasteiger partial charge < -0.3 is 0 Å². The molecule has 5 heteroatoms. The minimum Gasteiger partial charge on any atom is -0.277 e. The van der Waals surface area contributed by atoms with Gasteiger partial charge in [0.1, 0.15) is 0 Å². The molecule has 16 heavy (non-hydrogen) atoms. The average Bonchev–Trinajstić information content (AvgIpc) is 2.72. The van der Waals surface area contributed by atoms with E-state index in [0.29, 0.717) is 25.9 Å². The van der Waals surface area contributed by atoms with E-state index in [1.54, 1.807) is 11.8 Å². The fraction of sp³-hybridized carbons (Fsp3) is 0.273. The molecule has 4 nitrogen and oxygen atoms in total. The number of nitrogens with zero attached hydrogens (tertiary/aromatic N) is 2. The van der Waals surface area contributed by atoms with Gasteiger partial charge in [0.2, 0.25) is 12.8 Å². The van der Waals surface area contributed by atoms with Crippen molar-refractivity contribution in [2.45, 2.75) is 10.1 Å². The first-order valence-corrected chi connectivity index (χ1v) is 5.87. The van der Waals surface area contributed by atoms with Gasteiger partial charge in [0, 0.05) is 10.1 Å². The van der Waals surface area contributed by atoms with Crippen LogP contribution in [0.2, 0.25) is 0 Å². The molecule has 0 atom stereocenters. The number of carbonyl (C=O) groups is 2. The summed E-state index contributed by atoms with van der Waals surface area (Å²) in [6, 6.07) is 9.98. The molecule has 84 valence electrons. The number of rotatable bonds is 4. The number of hydrogen-bond acceptors (Lipinski definition) is 3. The molecule has 1 aromatic carbocycles. The van der Waals surface area contributed by atoms with Crippen molar-refractivity contribution in [3.8, 4) is 0 Å². The van der Waals surface area contributed by atoms with Gasteiger partial charge in [-0.2, -0.15) is 0 Å². The molecule has 2 rings (SSSR count). The predicted octanol–water partition coefficient (Wildman–Crippen LogP) is 0.993. The Morgan fingerprint density at radius 1 is 1.06 bits per heavy atom. The van der Waals surface area contributed by atoms with E-state index in [9.17, 15) is 9.59 Å². The van der Waals surface area contributed by atoms with E-state index in [2.05, 4.69) is 0 Å². The van der Waals surface area contributed by atoms with Crippen LogP contribution in [0.3, 0.4) is 0 Å². The van der Waals surface area contributed by atoms with Crippen molar-refractivity contribution in [1.29, 1.82) is 0 Å². The number of carbonyl (C=O) groups excluding carboxylic acids is 2. The highest BCUT2D eigenvalue weighted by atomic mass is 32.2. The topological polar surface area (TPSA) is 40.6 Å². The Morgan fingerprint density at radius 3 is 2.12 bits per heavy atom. The molecule has 1 saturated heterocycles. The first-order chi connectivity index (χ1) is 7.83. The van der Waals surface area contributed by atoms with Gasteiger partial charge in [0.05, 0.1) is 13.1 Å². The first-order valence-electron chi connectivity index (χ1n) is 4.99. The summed E-state index contributed by atoms with van der Waals surface area (Å²) in [5.74, 6) is 0. The normalized spacial score (nSPS) is 16.5. The molecule has 0 N–H and O–H groups in total. The van der Waals surface area contributed by atoms with E-state index in [4.69, 9.17) is 0 Å². The van der Waals surface area contributed by atoms with Crippen LogP contribution in [-0.4, -0.2) is 41.2 Å². The number of amides is 2. The summed E-state index contributed by atoms with van der Waals surface area (Å²) >= 11 is 1.69. The van der Waals surface area contributed by atoms with Crippen LogP contribution in [0.15, 0.2) is 35.2 Å². The molecule has 0 spiro atoms. The largest absolute Gasteiger partial charge is 0.277 e. The van der Waals surface area contributed by atoms with Gasteiger partial charge in [-0.15, -0.1) is 11.8 Å². The maximum Gasteiger partial charge on any atom is 0.228 e. The summed E-state index contributed by atoms with van der Waals surface area (Å²) in [4.78, 5) is 22.5. The quantitative estimate of drug-likeness (QED) is 0.732. The minimum absolute atomic E-state index is 0.248. The number of hydrazine groups is 1. The summed E-state index contributed by atoms with van der Waals surface area (Å²) in [6.07, 6.45) is 1.39. The van der Waals surface area contributed by atoms with Crippen LogP contribution < -0.4 is 0 Å². The lowest BCUT2D eigenvalue weighted by molar-refractivity contribution is -0.141. The van der Waals surface area contributed by atoms with Crippen LogP contribution in [0.5, 0.6) is 0 Å². The molecule has 2 amide bonds. The Hall–Kier alpha value is -1.49. The molecule has 1 fully saturated rings. The summed E-state index contributed by atoms with van der Waals surface area (Å²) in [6.45, 7) is 1.17. The molecule has 1 heterocycles. The summed E-state index contributed by atoms with van der Waals surface area (Å²) in [7, 11) is 0. The van der Waals surface area contributed by atoms with Crippen LogP contribution >= 0.6 is 11.8 Å². The highest BCUT2D eigenvalue weighted by Gasteiger charge is 2.28. The highest BCUT2D eigenvalue weighted by molar-refractivity contribution is 8.00. The van der Waals surface area contributed by atoms with E-state index in [1.165, 1.54) is 10.0 Å². The Labute approximate surface area is 98.2 Å². The van der Waals surface area contributed by atoms with Gasteiger partial charge in [-0.3, -0.25) is 19.6 Å². The van der Waals surface area contributed by atoms with E-state index in [1.807, 2.05) is 30.3 Å². The Bertz CT molecular complexity index is 356. The second-order valence-corrected chi connectivity index (χ2v) is 4.88. The fourth-order valence-electron chi connectivity index (χ4n) is 1.66. The molecular weight excluding hydrogens is 224 g/mol. The summed E-state index contributed by atoms with van der Waals surface area (Å²) in [5.41, 5.74) is 0. The molecule has 1 aliphatic heterocycles. The number of benzene rings is 1. The van der Waals surface area contributed by atoms with Crippen molar-refractivity contribution in [2.75, 3.05) is 13.1 Å². The SMILES string of the molecule is O=CN1CC(Sc2ccccc2)CN1C=O. The van der Waals surface area contributed by atoms with E-state index in [-0.39, 0.29) is 5.25 Å². The second-order valence-electron chi connectivity index (χ2n) is 3.51. The lowest BCUT2D eigenvalue weighted by atomic mass is 10.4. The van der Waals surface area contributed by atoms with Crippen molar-refractivity contribution in [1.82, 2.24) is 10.0 Å². The first kappa shape index (κ1) is 11.0. The van der Waals surface area contributed by atoms with Gasteiger partial charge in [0.15, 0.2) is 0 Å². The highest BCUT2D eigenvalue weighted by Crippen LogP contribution is 2.27. The Morgan fingerprint density at radius 2 is 1.62 bits per heavy atom. The molecule has 0 aromatic heterocycles. The average molecular weight is 236 g/mol. The number of hydrogen-bond donors (Lipinski definition) is 0. The lowest BCUT2D eigenvalue weighted by Crippen LogP contribution is -2.33. The standard InChI is InChI=1S/C11H12N2O2S/c14-8-12-6-11(7-13(12)9-15)16-10-4-2-1-3-5-10/h1-5,8-9,11H,6-7H2. The molecule has 0 saturated carbocycles. The van der Waals surface area contributed by atoms with Crippen molar-refractivity contribution < 1.29 is 9.59 Å². The van der Waals surface area contributed by atoms with Crippen LogP contribution in [0.1, 0.15) is 0 Å². The zero-order valence-corrected chi connectivity index (χ0v) is 9.47. The van der Waals surface area contributed by atoms with Crippen LogP contribution in [-0.2, 0) is 9.59 Å². The van der Waals surface area contributed by atoms with Crippen molar-refractivity contribution in [3.63, 3.8) is 0 Å². The smallest absolute Gasteiger partial charge is 0.228 e. The van der Waals surface area contributed by atoms with Crippen LogP contribution in [0, 0.1) is 0 Å². The van der Waals surface area contributed by atoms with Gasteiger partial charge in [-0.05, 0) is 12.1 Å². The maximum absolute atomic E-state index is 10.7. The third kappa shape index (κ3) is 2.36. The number of thioether (sulfide) groups is 1. The van der Waals surface area contributed by atoms with Gasteiger partial charge in [-0.1, -0.05) is 18.2 Å². The van der Waals surface area contributed by atoms with Gasteiger partial charge >= 0.3 is 0 Å². The molecule has 1 aromatic rings. The third-order valence-electron chi connectivity index (χ3n) is 2.40. The molecular formula is C11H12N2O2S. The summed E-state index contributed by atoms with van der Waals surface area (Å²) < 4.78 is 0. The van der Waals surface area contributed by atoms with E-state index < -0.39 is 0 Å². The summed E-state index contributed by atoms with van der Waals surface area (Å²) in [5, 5.41) is 3.07. The van der Waals surface area contributed by atoms with E-state index in [0.717, 1.165) is 4.90 Å². The van der Waals surface area contributed by atoms with Crippen molar-refractivity contribution in [2.24, 2.45) is 0 Å². The third-order valence-corrected chi connectivity index (χ3v) is 3.58. The Kier molecular flexibility index (Phi) is 3.46. The van der Waals surface area contributed by atoms with Crippen LogP contribution in [0.4, 0.5) is 0 Å². The molecule has 0 aliphatic carbocycles. The monoisotopic (exact) mass is 236 g/mol. The predicted molar refractivity (Wildman–Crippen MR) is 61.6 cm³/mol. The van der Waals surface area contributed by atoms with Crippen molar-refractivity contribution >= 4 is 24.6 Å². The van der Waals surface area contributed by atoms with E-state index >= 15 is 0 Å². The molecule has 0 bridgehead atoms. The van der Waals surface area contributed by atoms with Crippen LogP contribution in [0.25, 0.3) is 0 Å². The minimum atomic E-state index is 0.248. The van der Waals surface area contributed by atoms with Crippen molar-refractivity contribution in [3.05, 3.63) is 30.3 Å². The molecule has 1 aliphatic rings. The van der Waals surface area contributed by atoms with Gasteiger partial charge in [0.25, 0.3) is 0 Å². The maximum atomic E-state index is 10.7. The second kappa shape index (κ2) is 5.03. The zero-order chi connectivity index (χ0) is 11.4. The Balaban J connectivity index is 1.98.